The van der Waals surface area contributed by atoms with E-state index in [1.807, 2.05) is 42.7 Å². The number of rotatable bonds is 12. The van der Waals surface area contributed by atoms with Gasteiger partial charge in [-0.2, -0.15) is 13.2 Å². The van der Waals surface area contributed by atoms with Crippen LogP contribution in [0.1, 0.15) is 94.1 Å². The number of aromatic carboxylic acids is 1. The fraction of sp³-hybridized carbons (Fsp3) is 0.483. The Morgan fingerprint density at radius 3 is 2.19 bits per heavy atom. The van der Waals surface area contributed by atoms with Gasteiger partial charge in [-0.15, -0.1) is 0 Å². The van der Waals surface area contributed by atoms with Crippen LogP contribution < -0.4 is 5.32 Å². The van der Waals surface area contributed by atoms with Gasteiger partial charge in [0, 0.05) is 35.4 Å². The zero-order chi connectivity index (χ0) is 26.6. The monoisotopic (exact) mass is 504 g/mol. The first kappa shape index (κ1) is 29.3. The number of hydrogen-bond donors (Lipinski definition) is 2. The van der Waals surface area contributed by atoms with E-state index in [-0.39, 0.29) is 6.04 Å². The number of hydrogen-bond acceptors (Lipinski definition) is 2. The molecule has 3 aromatic rings. The smallest absolute Gasteiger partial charge is 0.416 e. The molecule has 0 saturated heterocycles. The van der Waals surface area contributed by atoms with Crippen LogP contribution in [0.4, 0.5) is 18.9 Å². The minimum absolute atomic E-state index is 0.267. The van der Waals surface area contributed by atoms with Crippen LogP contribution in [0.3, 0.4) is 0 Å². The molecule has 0 radical (unpaired) electrons. The van der Waals surface area contributed by atoms with Crippen LogP contribution in [0, 0.1) is 0 Å². The molecule has 1 aromatic heterocycles. The highest BCUT2D eigenvalue weighted by Crippen LogP contribution is 2.30. The van der Waals surface area contributed by atoms with Gasteiger partial charge in [0.2, 0.25) is 0 Å². The minimum Gasteiger partial charge on any atom is -0.478 e. The second kappa shape index (κ2) is 14.6. The third-order valence-electron chi connectivity index (χ3n) is 6.08. The predicted octanol–water partition coefficient (Wildman–Crippen LogP) is 9.18. The van der Waals surface area contributed by atoms with Gasteiger partial charge in [-0.1, -0.05) is 76.1 Å². The molecule has 0 bridgehead atoms. The highest BCUT2D eigenvalue weighted by atomic mass is 19.4. The van der Waals surface area contributed by atoms with E-state index in [4.69, 9.17) is 5.11 Å². The number of nitrogens with zero attached hydrogens (tertiary/aromatic N) is 1. The summed E-state index contributed by atoms with van der Waals surface area (Å²) in [7, 11) is 0. The molecule has 2 N–H and O–H groups in total. The van der Waals surface area contributed by atoms with Crippen molar-refractivity contribution < 1.29 is 23.1 Å². The van der Waals surface area contributed by atoms with E-state index in [0.717, 1.165) is 36.4 Å². The molecule has 36 heavy (non-hydrogen) atoms. The van der Waals surface area contributed by atoms with Crippen LogP contribution in [0.25, 0.3) is 10.9 Å². The van der Waals surface area contributed by atoms with Crippen molar-refractivity contribution in [1.82, 2.24) is 4.57 Å². The topological polar surface area (TPSA) is 54.3 Å². The van der Waals surface area contributed by atoms with Crippen LogP contribution in [0.5, 0.6) is 0 Å². The normalized spacial score (nSPS) is 11.4. The number of anilines is 1. The number of nitrogens with one attached hydrogen (secondary N) is 1. The van der Waals surface area contributed by atoms with Crippen molar-refractivity contribution in [3.63, 3.8) is 0 Å². The molecule has 7 heteroatoms. The largest absolute Gasteiger partial charge is 0.478 e. The van der Waals surface area contributed by atoms with E-state index < -0.39 is 17.7 Å². The van der Waals surface area contributed by atoms with Gasteiger partial charge in [0.15, 0.2) is 0 Å². The van der Waals surface area contributed by atoms with Crippen LogP contribution in [-0.2, 0) is 6.18 Å². The zero-order valence-electron chi connectivity index (χ0n) is 21.6. The number of para-hydroxylation sites is 1. The minimum atomic E-state index is -4.27. The summed E-state index contributed by atoms with van der Waals surface area (Å²) in [5.41, 5.74) is 1.31. The van der Waals surface area contributed by atoms with Gasteiger partial charge in [-0.25, -0.2) is 4.79 Å². The molecular formula is C29H39F3N2O2. The van der Waals surface area contributed by atoms with Crippen molar-refractivity contribution in [2.24, 2.45) is 0 Å². The lowest BCUT2D eigenvalue weighted by Crippen LogP contribution is -2.07. The lowest BCUT2D eigenvalue weighted by atomic mass is 10.1. The quantitative estimate of drug-likeness (QED) is 0.242. The molecule has 0 amide bonds. The van der Waals surface area contributed by atoms with Crippen molar-refractivity contribution in [2.45, 2.75) is 84.4 Å². The molecule has 198 valence electrons. The van der Waals surface area contributed by atoms with Crippen molar-refractivity contribution in [2.75, 3.05) is 11.9 Å². The first-order valence-electron chi connectivity index (χ1n) is 12.9. The molecule has 0 saturated carbocycles. The Morgan fingerprint density at radius 2 is 1.58 bits per heavy atom. The highest BCUT2D eigenvalue weighted by molar-refractivity contribution is 6.03. The Balaban J connectivity index is 0.000000267. The Morgan fingerprint density at radius 1 is 0.944 bits per heavy atom. The maximum Gasteiger partial charge on any atom is 0.416 e. The summed E-state index contributed by atoms with van der Waals surface area (Å²) >= 11 is 0. The molecule has 2 aromatic carbocycles. The Hall–Kier alpha value is -2.96. The molecule has 3 rings (SSSR count). The number of carbonyl (C=O) groups is 1. The van der Waals surface area contributed by atoms with E-state index in [1.54, 1.807) is 12.3 Å². The Kier molecular flexibility index (Phi) is 11.8. The number of halogens is 3. The average Bonchev–Trinajstić information content (AvgIpc) is 3.24. The fourth-order valence-electron chi connectivity index (χ4n) is 4.10. The number of unbranched alkanes of at least 4 members (excludes halogenated alkanes) is 7. The van der Waals surface area contributed by atoms with E-state index >= 15 is 0 Å². The van der Waals surface area contributed by atoms with Crippen molar-refractivity contribution in [3.05, 3.63) is 65.9 Å². The molecule has 4 nitrogen and oxygen atoms in total. The van der Waals surface area contributed by atoms with Crippen LogP contribution in [0.15, 0.2) is 54.7 Å². The van der Waals surface area contributed by atoms with E-state index in [1.165, 1.54) is 50.7 Å². The molecule has 0 aliphatic heterocycles. The van der Waals surface area contributed by atoms with Gasteiger partial charge in [-0.3, -0.25) is 0 Å². The number of carboxylic acid groups (broad SMARTS) is 1. The van der Waals surface area contributed by atoms with E-state index in [0.29, 0.717) is 11.3 Å². The number of fused-ring (bicyclic) bond motifs is 1. The second-order valence-corrected chi connectivity index (χ2v) is 9.35. The van der Waals surface area contributed by atoms with Crippen LogP contribution in [0.2, 0.25) is 0 Å². The van der Waals surface area contributed by atoms with E-state index in [2.05, 4.69) is 12.2 Å². The molecule has 0 aliphatic rings. The van der Waals surface area contributed by atoms with Gasteiger partial charge >= 0.3 is 12.1 Å². The zero-order valence-corrected chi connectivity index (χ0v) is 21.6. The molecule has 0 unspecified atom stereocenters. The van der Waals surface area contributed by atoms with Gasteiger partial charge in [0.25, 0.3) is 0 Å². The summed E-state index contributed by atoms with van der Waals surface area (Å²) in [6.45, 7) is 7.02. The first-order chi connectivity index (χ1) is 17.1. The molecule has 0 fully saturated rings. The number of benzene rings is 2. The average molecular weight is 505 g/mol. The second-order valence-electron chi connectivity index (χ2n) is 9.35. The summed E-state index contributed by atoms with van der Waals surface area (Å²) in [5, 5.41) is 12.9. The van der Waals surface area contributed by atoms with Crippen LogP contribution >= 0.6 is 0 Å². The number of carboxylic acids is 1. The third kappa shape index (κ3) is 9.25. The Bertz CT molecular complexity index is 1070. The van der Waals surface area contributed by atoms with Crippen LogP contribution in [-0.4, -0.2) is 22.2 Å². The Labute approximate surface area is 212 Å². The van der Waals surface area contributed by atoms with Gasteiger partial charge in [0.05, 0.1) is 11.1 Å². The number of alkyl halides is 3. The summed E-state index contributed by atoms with van der Waals surface area (Å²) < 4.78 is 39.7. The summed E-state index contributed by atoms with van der Waals surface area (Å²) in [5.74, 6) is -0.870. The lowest BCUT2D eigenvalue weighted by Gasteiger charge is -2.10. The first-order valence-corrected chi connectivity index (χ1v) is 12.9. The molecule has 1 heterocycles. The predicted molar refractivity (Wildman–Crippen MR) is 142 cm³/mol. The SMILES string of the molecule is CC(C)n1cc(C(=O)O)c2ccccc21.CCCCCCCCCCNc1cccc(C(F)(F)F)c1. The van der Waals surface area contributed by atoms with Gasteiger partial charge < -0.3 is 15.0 Å². The maximum atomic E-state index is 12.6. The van der Waals surface area contributed by atoms with Gasteiger partial charge in [-0.05, 0) is 44.5 Å². The fourth-order valence-corrected chi connectivity index (χ4v) is 4.10. The molecule has 0 spiro atoms. The summed E-state index contributed by atoms with van der Waals surface area (Å²) in [6.07, 6.45) is 7.26. The highest BCUT2D eigenvalue weighted by Gasteiger charge is 2.30. The van der Waals surface area contributed by atoms with E-state index in [9.17, 15) is 18.0 Å². The maximum absolute atomic E-state index is 12.6. The van der Waals surface area contributed by atoms with Crippen molar-refractivity contribution >= 4 is 22.6 Å². The summed E-state index contributed by atoms with van der Waals surface area (Å²) in [6, 6.07) is 13.2. The number of aromatic nitrogens is 1. The standard InChI is InChI=1S/C17H26F3N.C12H13NO2/c1-2-3-4-5-6-7-8-9-13-21-16-12-10-11-15(14-16)17(18,19)20;1-8(2)13-7-10(12(14)15)9-5-3-4-6-11(9)13/h10-12,14,21H,2-9,13H2,1H3;3-8H,1-2H3,(H,14,15). The van der Waals surface area contributed by atoms with Gasteiger partial charge in [0.1, 0.15) is 0 Å². The molecule has 0 aliphatic carbocycles. The molecule has 0 atom stereocenters. The third-order valence-corrected chi connectivity index (χ3v) is 6.08. The summed E-state index contributed by atoms with van der Waals surface area (Å²) in [4.78, 5) is 11.0. The van der Waals surface area contributed by atoms with Crippen molar-refractivity contribution in [1.29, 1.82) is 0 Å². The lowest BCUT2D eigenvalue weighted by molar-refractivity contribution is -0.137. The molecular weight excluding hydrogens is 465 g/mol. The van der Waals surface area contributed by atoms with Crippen molar-refractivity contribution in [3.8, 4) is 0 Å².